The number of hydrogen-bond acceptors (Lipinski definition) is 0. The summed E-state index contributed by atoms with van der Waals surface area (Å²) in [4.78, 5) is 0. The molecule has 0 rings (SSSR count). The van der Waals surface area contributed by atoms with Gasteiger partial charge < -0.3 is 0 Å². The first-order chi connectivity index (χ1) is 8.65. The second-order valence-electron chi connectivity index (χ2n) is 6.08. The Morgan fingerprint density at radius 2 is 1.44 bits per heavy atom. The molecule has 18 heavy (non-hydrogen) atoms. The van der Waals surface area contributed by atoms with Gasteiger partial charge in [-0.15, -0.1) is 0 Å². The van der Waals surface area contributed by atoms with Crippen molar-refractivity contribution in [2.75, 3.05) is 0 Å². The normalized spacial score (nSPS) is 14.4. The van der Waals surface area contributed by atoms with Crippen LogP contribution in [0.5, 0.6) is 0 Å². The summed E-state index contributed by atoms with van der Waals surface area (Å²) in [5, 5.41) is 0. The lowest BCUT2D eigenvalue weighted by atomic mass is 9.81. The van der Waals surface area contributed by atoms with Crippen molar-refractivity contribution in [1.29, 1.82) is 0 Å². The summed E-state index contributed by atoms with van der Waals surface area (Å²) in [6.07, 6.45) is 13.4. The number of unbranched alkanes of at least 4 members (excludes halogenated alkanes) is 3. The maximum absolute atomic E-state index is 4.30. The van der Waals surface area contributed by atoms with Crippen LogP contribution in [0.2, 0.25) is 0 Å². The fourth-order valence-electron chi connectivity index (χ4n) is 2.72. The number of allylic oxidation sites excluding steroid dienone is 1. The summed E-state index contributed by atoms with van der Waals surface area (Å²) < 4.78 is 0. The molecule has 0 fully saturated rings. The molecule has 2 atom stereocenters. The third-order valence-electron chi connectivity index (χ3n) is 4.18. The molecule has 108 valence electrons. The van der Waals surface area contributed by atoms with Gasteiger partial charge in [-0.25, -0.2) is 0 Å². The molecule has 0 heterocycles. The van der Waals surface area contributed by atoms with E-state index >= 15 is 0 Å². The minimum Gasteiger partial charge on any atom is -0.0999 e. The molecule has 0 radical (unpaired) electrons. The monoisotopic (exact) mass is 252 g/mol. The average Bonchev–Trinajstić information content (AvgIpc) is 2.38. The van der Waals surface area contributed by atoms with E-state index in [-0.39, 0.29) is 0 Å². The van der Waals surface area contributed by atoms with Gasteiger partial charge in [0.15, 0.2) is 0 Å². The molecule has 0 bridgehead atoms. The highest BCUT2D eigenvalue weighted by atomic mass is 14.2. The lowest BCUT2D eigenvalue weighted by Gasteiger charge is -2.25. The zero-order valence-corrected chi connectivity index (χ0v) is 13.4. The van der Waals surface area contributed by atoms with Crippen molar-refractivity contribution < 1.29 is 0 Å². The third kappa shape index (κ3) is 8.78. The van der Waals surface area contributed by atoms with Crippen LogP contribution in [-0.2, 0) is 0 Å². The van der Waals surface area contributed by atoms with Gasteiger partial charge in [0.25, 0.3) is 0 Å². The third-order valence-corrected chi connectivity index (χ3v) is 4.18. The highest BCUT2D eigenvalue weighted by Crippen LogP contribution is 2.30. The van der Waals surface area contributed by atoms with E-state index in [9.17, 15) is 0 Å². The Bertz CT molecular complexity index is 192. The molecule has 0 saturated carbocycles. The Kier molecular flexibility index (Phi) is 11.6. The van der Waals surface area contributed by atoms with Crippen LogP contribution in [0.15, 0.2) is 12.2 Å². The Labute approximate surface area is 116 Å². The standard InChI is InChI=1S/C18H36/c1-6-9-12-16(4)15-18(14-11-8-3)17(5)13-10-7-2/h17-18H,4,6-15H2,1-3,5H3. The molecule has 0 heteroatoms. The van der Waals surface area contributed by atoms with Gasteiger partial charge in [0.05, 0.1) is 0 Å². The summed E-state index contributed by atoms with van der Waals surface area (Å²) >= 11 is 0. The predicted molar refractivity (Wildman–Crippen MR) is 85.0 cm³/mol. The Hall–Kier alpha value is -0.260. The zero-order chi connectivity index (χ0) is 13.8. The second kappa shape index (κ2) is 11.8. The maximum atomic E-state index is 4.30. The van der Waals surface area contributed by atoms with Crippen molar-refractivity contribution in [3.05, 3.63) is 12.2 Å². The molecule has 2 unspecified atom stereocenters. The van der Waals surface area contributed by atoms with Crippen molar-refractivity contribution in [1.82, 2.24) is 0 Å². The number of hydrogen-bond donors (Lipinski definition) is 0. The van der Waals surface area contributed by atoms with Crippen LogP contribution >= 0.6 is 0 Å². The molecule has 0 aromatic rings. The second-order valence-corrected chi connectivity index (χ2v) is 6.08. The molecular formula is C18H36. The summed E-state index contributed by atoms with van der Waals surface area (Å²) in [6, 6.07) is 0. The molecule has 0 nitrogen and oxygen atoms in total. The summed E-state index contributed by atoms with van der Waals surface area (Å²) in [5.41, 5.74) is 1.50. The quantitative estimate of drug-likeness (QED) is 0.337. The van der Waals surface area contributed by atoms with Gasteiger partial charge in [0.2, 0.25) is 0 Å². The highest BCUT2D eigenvalue weighted by Gasteiger charge is 2.17. The van der Waals surface area contributed by atoms with Gasteiger partial charge in [0.1, 0.15) is 0 Å². The van der Waals surface area contributed by atoms with Crippen molar-refractivity contribution in [3.8, 4) is 0 Å². The minimum atomic E-state index is 0.884. The van der Waals surface area contributed by atoms with E-state index in [0.717, 1.165) is 11.8 Å². The lowest BCUT2D eigenvalue weighted by molar-refractivity contribution is 0.299. The first-order valence-corrected chi connectivity index (χ1v) is 8.32. The van der Waals surface area contributed by atoms with Gasteiger partial charge in [-0.3, -0.25) is 0 Å². The van der Waals surface area contributed by atoms with E-state index in [2.05, 4.69) is 34.3 Å². The minimum absolute atomic E-state index is 0.884. The summed E-state index contributed by atoms with van der Waals surface area (Å²) in [6.45, 7) is 13.6. The molecule has 0 aliphatic carbocycles. The van der Waals surface area contributed by atoms with Crippen LogP contribution in [0.1, 0.15) is 91.9 Å². The van der Waals surface area contributed by atoms with Crippen molar-refractivity contribution in [3.63, 3.8) is 0 Å². The van der Waals surface area contributed by atoms with Crippen molar-refractivity contribution in [2.24, 2.45) is 11.8 Å². The largest absolute Gasteiger partial charge is 0.0999 e. The fourth-order valence-corrected chi connectivity index (χ4v) is 2.72. The number of rotatable bonds is 12. The van der Waals surface area contributed by atoms with Crippen LogP contribution in [0.4, 0.5) is 0 Å². The molecule has 0 aliphatic heterocycles. The zero-order valence-electron chi connectivity index (χ0n) is 13.4. The van der Waals surface area contributed by atoms with E-state index in [1.54, 1.807) is 0 Å². The van der Waals surface area contributed by atoms with Crippen LogP contribution in [-0.4, -0.2) is 0 Å². The molecule has 0 aliphatic rings. The van der Waals surface area contributed by atoms with E-state index in [0.29, 0.717) is 0 Å². The molecule has 0 aromatic carbocycles. The Morgan fingerprint density at radius 3 is 2.00 bits per heavy atom. The topological polar surface area (TPSA) is 0 Å². The van der Waals surface area contributed by atoms with E-state index in [1.807, 2.05) is 0 Å². The maximum Gasteiger partial charge on any atom is -0.0292 e. The highest BCUT2D eigenvalue weighted by molar-refractivity contribution is 4.96. The van der Waals surface area contributed by atoms with Crippen LogP contribution in [0.3, 0.4) is 0 Å². The molecule has 0 spiro atoms. The molecule has 0 N–H and O–H groups in total. The van der Waals surface area contributed by atoms with Gasteiger partial charge in [-0.2, -0.15) is 0 Å². The predicted octanol–water partition coefficient (Wildman–Crippen LogP) is 6.76. The molecule has 0 saturated heterocycles. The summed E-state index contributed by atoms with van der Waals surface area (Å²) in [5.74, 6) is 1.77. The molecule has 0 aromatic heterocycles. The lowest BCUT2D eigenvalue weighted by Crippen LogP contribution is -2.13. The van der Waals surface area contributed by atoms with Gasteiger partial charge in [0, 0.05) is 0 Å². The van der Waals surface area contributed by atoms with Gasteiger partial charge in [-0.1, -0.05) is 78.4 Å². The van der Waals surface area contributed by atoms with Crippen LogP contribution in [0.25, 0.3) is 0 Å². The SMILES string of the molecule is C=C(CCCC)CC(CCCC)C(C)CCCC. The van der Waals surface area contributed by atoms with Crippen molar-refractivity contribution >= 4 is 0 Å². The fraction of sp³-hybridized carbons (Fsp3) is 0.889. The smallest absolute Gasteiger partial charge is 0.0292 e. The van der Waals surface area contributed by atoms with Gasteiger partial charge >= 0.3 is 0 Å². The Balaban J connectivity index is 4.15. The summed E-state index contributed by atoms with van der Waals surface area (Å²) in [7, 11) is 0. The van der Waals surface area contributed by atoms with E-state index in [1.165, 1.54) is 69.8 Å². The molecule has 0 amide bonds. The van der Waals surface area contributed by atoms with E-state index < -0.39 is 0 Å². The van der Waals surface area contributed by atoms with Crippen molar-refractivity contribution in [2.45, 2.75) is 91.9 Å². The van der Waals surface area contributed by atoms with Gasteiger partial charge in [-0.05, 0) is 37.5 Å². The van der Waals surface area contributed by atoms with Crippen LogP contribution < -0.4 is 0 Å². The van der Waals surface area contributed by atoms with Crippen LogP contribution in [0, 0.1) is 11.8 Å². The first-order valence-electron chi connectivity index (χ1n) is 8.32. The molecular weight excluding hydrogens is 216 g/mol. The Morgan fingerprint density at radius 1 is 0.889 bits per heavy atom. The van der Waals surface area contributed by atoms with E-state index in [4.69, 9.17) is 0 Å². The average molecular weight is 252 g/mol. The first kappa shape index (κ1) is 17.7.